The second-order valence-corrected chi connectivity index (χ2v) is 2.70. The molecule has 0 saturated carbocycles. The molecule has 0 fully saturated rings. The van der Waals surface area contributed by atoms with E-state index in [1.54, 1.807) is 24.3 Å². The van der Waals surface area contributed by atoms with E-state index in [-0.39, 0.29) is 4.92 Å². The Bertz CT molecular complexity index is 351. The van der Waals surface area contributed by atoms with Crippen molar-refractivity contribution < 1.29 is 4.92 Å². The molecule has 0 amide bonds. The van der Waals surface area contributed by atoms with E-state index in [0.717, 1.165) is 0 Å². The third-order valence-electron chi connectivity index (χ3n) is 1.84. The summed E-state index contributed by atoms with van der Waals surface area (Å²) in [5.41, 5.74) is 1.13. The maximum Gasteiger partial charge on any atom is 0.235 e. The molecule has 0 aliphatic carbocycles. The molecule has 0 radical (unpaired) electrons. The summed E-state index contributed by atoms with van der Waals surface area (Å²) in [6.07, 6.45) is 0. The maximum absolute atomic E-state index is 10.4. The zero-order valence-corrected chi connectivity index (χ0v) is 7.10. The summed E-state index contributed by atoms with van der Waals surface area (Å²) in [7, 11) is 0. The minimum Gasteiger partial charge on any atom is -0.264 e. The lowest BCUT2D eigenvalue weighted by Crippen LogP contribution is -2.05. The molecule has 0 aliphatic rings. The van der Waals surface area contributed by atoms with E-state index in [4.69, 9.17) is 5.26 Å². The molecule has 4 nitrogen and oxygen atoms in total. The van der Waals surface area contributed by atoms with Gasteiger partial charge in [0, 0.05) is 17.4 Å². The number of hydrogen-bond acceptors (Lipinski definition) is 3. The molecule has 0 heterocycles. The molecule has 1 unspecified atom stereocenters. The fourth-order valence-electron chi connectivity index (χ4n) is 0.958. The number of rotatable bonds is 2. The zero-order valence-electron chi connectivity index (χ0n) is 7.10. The monoisotopic (exact) mass is 176 g/mol. The van der Waals surface area contributed by atoms with Gasteiger partial charge in [-0.15, -0.1) is 0 Å². The first-order valence-electron chi connectivity index (χ1n) is 3.78. The zero-order chi connectivity index (χ0) is 9.84. The molecule has 1 aromatic rings. The van der Waals surface area contributed by atoms with Crippen molar-refractivity contribution in [3.8, 4) is 6.07 Å². The van der Waals surface area contributed by atoms with E-state index >= 15 is 0 Å². The van der Waals surface area contributed by atoms with Crippen molar-refractivity contribution >= 4 is 0 Å². The Morgan fingerprint density at radius 2 is 2.00 bits per heavy atom. The van der Waals surface area contributed by atoms with E-state index in [1.165, 1.54) is 6.92 Å². The molecule has 13 heavy (non-hydrogen) atoms. The number of benzene rings is 1. The van der Waals surface area contributed by atoms with E-state index in [0.29, 0.717) is 11.1 Å². The summed E-state index contributed by atoms with van der Waals surface area (Å²) in [6.45, 7) is 1.52. The van der Waals surface area contributed by atoms with Crippen LogP contribution in [-0.2, 0) is 0 Å². The van der Waals surface area contributed by atoms with Gasteiger partial charge < -0.3 is 0 Å². The first-order chi connectivity index (χ1) is 6.15. The van der Waals surface area contributed by atoms with Gasteiger partial charge in [0.15, 0.2) is 0 Å². The highest BCUT2D eigenvalue weighted by molar-refractivity contribution is 5.32. The summed E-state index contributed by atoms with van der Waals surface area (Å²) in [6, 6.07) is 7.60. The molecular weight excluding hydrogens is 168 g/mol. The average molecular weight is 176 g/mol. The van der Waals surface area contributed by atoms with Crippen LogP contribution in [0.4, 0.5) is 0 Å². The van der Waals surface area contributed by atoms with Gasteiger partial charge in [-0.05, 0) is 12.1 Å². The summed E-state index contributed by atoms with van der Waals surface area (Å²) in [4.78, 5) is 10.0. The van der Waals surface area contributed by atoms with Crippen molar-refractivity contribution in [2.75, 3.05) is 0 Å². The van der Waals surface area contributed by atoms with Crippen molar-refractivity contribution in [3.63, 3.8) is 0 Å². The van der Waals surface area contributed by atoms with Crippen molar-refractivity contribution in [2.45, 2.75) is 13.0 Å². The Kier molecular flexibility index (Phi) is 2.60. The topological polar surface area (TPSA) is 66.9 Å². The van der Waals surface area contributed by atoms with E-state index in [9.17, 15) is 10.1 Å². The number of hydrogen-bond donors (Lipinski definition) is 0. The third-order valence-corrected chi connectivity index (χ3v) is 1.84. The highest BCUT2D eigenvalue weighted by Crippen LogP contribution is 2.15. The normalized spacial score (nSPS) is 11.7. The quantitative estimate of drug-likeness (QED) is 0.510. The van der Waals surface area contributed by atoms with Crippen LogP contribution < -0.4 is 0 Å². The van der Waals surface area contributed by atoms with Crippen LogP contribution >= 0.6 is 0 Å². The number of nitriles is 1. The molecule has 0 spiro atoms. The Balaban J connectivity index is 2.93. The molecule has 1 atom stereocenters. The van der Waals surface area contributed by atoms with Gasteiger partial charge in [0.25, 0.3) is 0 Å². The number of nitro groups is 1. The Labute approximate surface area is 75.6 Å². The van der Waals surface area contributed by atoms with Crippen LogP contribution in [0.25, 0.3) is 0 Å². The second-order valence-electron chi connectivity index (χ2n) is 2.70. The van der Waals surface area contributed by atoms with Crippen LogP contribution in [-0.4, -0.2) is 4.92 Å². The molecular formula is C9H8N2O2. The van der Waals surface area contributed by atoms with Crippen LogP contribution in [0, 0.1) is 21.4 Å². The largest absolute Gasteiger partial charge is 0.264 e. The lowest BCUT2D eigenvalue weighted by atomic mass is 10.1. The molecule has 4 heteroatoms. The molecule has 1 aromatic carbocycles. The summed E-state index contributed by atoms with van der Waals surface area (Å²) in [5.74, 6) is 0. The van der Waals surface area contributed by atoms with E-state index < -0.39 is 6.04 Å². The SMILES string of the molecule is CC(c1ccc(C#N)cc1)[N+](=O)[O-]. The van der Waals surface area contributed by atoms with Gasteiger partial charge in [-0.25, -0.2) is 0 Å². The minimum atomic E-state index is -0.715. The number of nitrogens with zero attached hydrogens (tertiary/aromatic N) is 2. The highest BCUT2D eigenvalue weighted by Gasteiger charge is 2.14. The third kappa shape index (κ3) is 2.03. The summed E-state index contributed by atoms with van der Waals surface area (Å²) < 4.78 is 0. The van der Waals surface area contributed by atoms with Gasteiger partial charge in [0.05, 0.1) is 11.6 Å². The predicted octanol–water partition coefficient (Wildman–Crippen LogP) is 1.90. The van der Waals surface area contributed by atoms with Crippen molar-refractivity contribution in [1.82, 2.24) is 0 Å². The van der Waals surface area contributed by atoms with Gasteiger partial charge in [-0.1, -0.05) is 12.1 Å². The Hall–Kier alpha value is -1.89. The molecule has 0 aromatic heterocycles. The Morgan fingerprint density at radius 1 is 1.46 bits per heavy atom. The molecule has 1 rings (SSSR count). The average Bonchev–Trinajstić information content (AvgIpc) is 2.17. The molecule has 0 aliphatic heterocycles. The molecule has 0 bridgehead atoms. The first-order valence-corrected chi connectivity index (χ1v) is 3.78. The van der Waals surface area contributed by atoms with Gasteiger partial charge >= 0.3 is 0 Å². The van der Waals surface area contributed by atoms with Crippen LogP contribution in [0.5, 0.6) is 0 Å². The van der Waals surface area contributed by atoms with Gasteiger partial charge in [-0.3, -0.25) is 10.1 Å². The summed E-state index contributed by atoms with van der Waals surface area (Å²) >= 11 is 0. The van der Waals surface area contributed by atoms with Crippen LogP contribution in [0.3, 0.4) is 0 Å². The molecule has 0 saturated heterocycles. The fourth-order valence-corrected chi connectivity index (χ4v) is 0.958. The van der Waals surface area contributed by atoms with Crippen LogP contribution in [0.15, 0.2) is 24.3 Å². The maximum atomic E-state index is 10.4. The van der Waals surface area contributed by atoms with Crippen LogP contribution in [0.2, 0.25) is 0 Å². The molecule has 0 N–H and O–H groups in total. The summed E-state index contributed by atoms with van der Waals surface area (Å²) in [5, 5.41) is 18.9. The van der Waals surface area contributed by atoms with Gasteiger partial charge in [-0.2, -0.15) is 5.26 Å². The molecule has 66 valence electrons. The smallest absolute Gasteiger partial charge is 0.235 e. The highest BCUT2D eigenvalue weighted by atomic mass is 16.6. The van der Waals surface area contributed by atoms with E-state index in [1.807, 2.05) is 6.07 Å². The van der Waals surface area contributed by atoms with E-state index in [2.05, 4.69) is 0 Å². The predicted molar refractivity (Wildman–Crippen MR) is 46.6 cm³/mol. The van der Waals surface area contributed by atoms with Crippen molar-refractivity contribution in [3.05, 3.63) is 45.5 Å². The standard InChI is InChI=1S/C9H8N2O2/c1-7(11(12)13)9-4-2-8(6-10)3-5-9/h2-5,7H,1H3. The van der Waals surface area contributed by atoms with Crippen molar-refractivity contribution in [1.29, 1.82) is 5.26 Å². The van der Waals surface area contributed by atoms with Crippen molar-refractivity contribution in [2.24, 2.45) is 0 Å². The fraction of sp³-hybridized carbons (Fsp3) is 0.222. The van der Waals surface area contributed by atoms with Crippen LogP contribution in [0.1, 0.15) is 24.1 Å². The minimum absolute atomic E-state index is 0.360. The first kappa shape index (κ1) is 9.20. The van der Waals surface area contributed by atoms with Gasteiger partial charge in [0.2, 0.25) is 6.04 Å². The second kappa shape index (κ2) is 3.68. The lowest BCUT2D eigenvalue weighted by Gasteiger charge is -2.02. The Morgan fingerprint density at radius 3 is 2.38 bits per heavy atom. The van der Waals surface area contributed by atoms with Gasteiger partial charge in [0.1, 0.15) is 0 Å². The lowest BCUT2D eigenvalue weighted by molar-refractivity contribution is -0.524.